The van der Waals surface area contributed by atoms with Crippen molar-refractivity contribution in [2.75, 3.05) is 26.4 Å². The fourth-order valence-corrected chi connectivity index (χ4v) is 2.01. The van der Waals surface area contributed by atoms with Crippen LogP contribution in [0.3, 0.4) is 0 Å². The molecule has 1 fully saturated rings. The van der Waals surface area contributed by atoms with Gasteiger partial charge in [0.1, 0.15) is 12.4 Å². The molecule has 1 amide bonds. The van der Waals surface area contributed by atoms with Crippen LogP contribution in [0.1, 0.15) is 12.8 Å². The van der Waals surface area contributed by atoms with E-state index in [1.807, 2.05) is 0 Å². The second-order valence-electron chi connectivity index (χ2n) is 4.60. The third-order valence-corrected chi connectivity index (χ3v) is 3.15. The van der Waals surface area contributed by atoms with Crippen molar-refractivity contribution in [2.45, 2.75) is 12.8 Å². The molecule has 4 nitrogen and oxygen atoms in total. The highest BCUT2D eigenvalue weighted by Gasteiger charge is 2.20. The maximum Gasteiger partial charge on any atom is 0.223 e. The van der Waals surface area contributed by atoms with Gasteiger partial charge in [-0.25, -0.2) is 8.78 Å². The highest BCUT2D eigenvalue weighted by molar-refractivity contribution is 5.78. The second kappa shape index (κ2) is 7.19. The minimum atomic E-state index is -0.950. The number of carbonyl (C=O) groups is 1. The molecule has 1 N–H and O–H groups in total. The normalized spacial score (nSPS) is 15.9. The molecule has 0 bridgehead atoms. The van der Waals surface area contributed by atoms with E-state index in [1.165, 1.54) is 6.07 Å². The predicted molar refractivity (Wildman–Crippen MR) is 68.4 cm³/mol. The first-order valence-corrected chi connectivity index (χ1v) is 6.60. The van der Waals surface area contributed by atoms with Gasteiger partial charge in [0.25, 0.3) is 0 Å². The van der Waals surface area contributed by atoms with Crippen molar-refractivity contribution in [2.24, 2.45) is 5.92 Å². The molecular weight excluding hydrogens is 268 g/mol. The van der Waals surface area contributed by atoms with Crippen molar-refractivity contribution >= 4 is 5.91 Å². The monoisotopic (exact) mass is 285 g/mol. The Morgan fingerprint density at radius 2 is 2.05 bits per heavy atom. The molecule has 1 aliphatic heterocycles. The third kappa shape index (κ3) is 4.16. The van der Waals surface area contributed by atoms with Crippen LogP contribution in [0.25, 0.3) is 0 Å². The molecule has 6 heteroatoms. The summed E-state index contributed by atoms with van der Waals surface area (Å²) in [5.41, 5.74) is 0. The molecular formula is C14H17F2NO3. The van der Waals surface area contributed by atoms with Gasteiger partial charge in [0.2, 0.25) is 5.91 Å². The molecule has 2 rings (SSSR count). The van der Waals surface area contributed by atoms with Crippen molar-refractivity contribution in [1.82, 2.24) is 5.32 Å². The molecule has 0 aromatic heterocycles. The molecule has 0 spiro atoms. The van der Waals surface area contributed by atoms with Crippen LogP contribution < -0.4 is 10.1 Å². The van der Waals surface area contributed by atoms with Crippen LogP contribution >= 0.6 is 0 Å². The number of hydrogen-bond acceptors (Lipinski definition) is 3. The Bertz CT molecular complexity index is 462. The summed E-state index contributed by atoms with van der Waals surface area (Å²) in [6.07, 6.45) is 1.46. The molecule has 0 saturated carbocycles. The van der Waals surface area contributed by atoms with Gasteiger partial charge in [0, 0.05) is 25.2 Å². The van der Waals surface area contributed by atoms with Crippen LogP contribution in [0.5, 0.6) is 5.75 Å². The summed E-state index contributed by atoms with van der Waals surface area (Å²) < 4.78 is 36.0. The molecule has 0 radical (unpaired) electrons. The average Bonchev–Trinajstić information content (AvgIpc) is 2.48. The number of rotatable bonds is 5. The lowest BCUT2D eigenvalue weighted by Gasteiger charge is -2.21. The van der Waals surface area contributed by atoms with Gasteiger partial charge in [0.05, 0.1) is 6.54 Å². The number of carbonyl (C=O) groups excluding carboxylic acids is 1. The first kappa shape index (κ1) is 14.7. The standard InChI is InChI=1S/C14H17F2NO3/c15-12-2-1-11(9-13(12)16)20-8-5-17-14(18)10-3-6-19-7-4-10/h1-2,9-10H,3-8H2,(H,17,18). The Morgan fingerprint density at radius 3 is 2.75 bits per heavy atom. The maximum absolute atomic E-state index is 12.9. The first-order valence-electron chi connectivity index (χ1n) is 6.60. The van der Waals surface area contributed by atoms with Crippen LogP contribution in [0.15, 0.2) is 18.2 Å². The van der Waals surface area contributed by atoms with Gasteiger partial charge < -0.3 is 14.8 Å². The minimum Gasteiger partial charge on any atom is -0.492 e. The Kier molecular flexibility index (Phi) is 5.29. The largest absolute Gasteiger partial charge is 0.492 e. The lowest BCUT2D eigenvalue weighted by atomic mass is 9.99. The van der Waals surface area contributed by atoms with Crippen molar-refractivity contribution < 1.29 is 23.0 Å². The van der Waals surface area contributed by atoms with Gasteiger partial charge in [-0.1, -0.05) is 0 Å². The Morgan fingerprint density at radius 1 is 1.30 bits per heavy atom. The number of benzene rings is 1. The zero-order valence-corrected chi connectivity index (χ0v) is 11.0. The number of amides is 1. The fraction of sp³-hybridized carbons (Fsp3) is 0.500. The summed E-state index contributed by atoms with van der Waals surface area (Å²) >= 11 is 0. The van der Waals surface area contributed by atoms with E-state index < -0.39 is 11.6 Å². The summed E-state index contributed by atoms with van der Waals surface area (Å²) in [5.74, 6) is -1.64. The molecule has 1 aromatic carbocycles. The van der Waals surface area contributed by atoms with E-state index in [-0.39, 0.29) is 24.2 Å². The molecule has 1 saturated heterocycles. The van der Waals surface area contributed by atoms with Crippen LogP contribution in [-0.4, -0.2) is 32.3 Å². The van der Waals surface area contributed by atoms with Crippen LogP contribution in [0.4, 0.5) is 8.78 Å². The fourth-order valence-electron chi connectivity index (χ4n) is 2.01. The van der Waals surface area contributed by atoms with Gasteiger partial charge in [-0.15, -0.1) is 0 Å². The van der Waals surface area contributed by atoms with E-state index in [0.29, 0.717) is 19.8 Å². The predicted octanol–water partition coefficient (Wildman–Crippen LogP) is 1.89. The van der Waals surface area contributed by atoms with Gasteiger partial charge in [0.15, 0.2) is 11.6 Å². The molecule has 0 atom stereocenters. The number of ether oxygens (including phenoxy) is 2. The smallest absolute Gasteiger partial charge is 0.223 e. The molecule has 1 aromatic rings. The van der Waals surface area contributed by atoms with Crippen molar-refractivity contribution in [3.8, 4) is 5.75 Å². The Balaban J connectivity index is 1.68. The summed E-state index contributed by atoms with van der Waals surface area (Å²) in [6, 6.07) is 3.33. The van der Waals surface area contributed by atoms with E-state index >= 15 is 0 Å². The Labute approximate surface area is 116 Å². The van der Waals surface area contributed by atoms with E-state index in [9.17, 15) is 13.6 Å². The van der Waals surface area contributed by atoms with Crippen LogP contribution in [-0.2, 0) is 9.53 Å². The molecule has 0 aliphatic carbocycles. The van der Waals surface area contributed by atoms with E-state index in [0.717, 1.165) is 25.0 Å². The molecule has 1 heterocycles. The molecule has 0 unspecified atom stereocenters. The molecule has 1 aliphatic rings. The molecule has 110 valence electrons. The topological polar surface area (TPSA) is 47.6 Å². The van der Waals surface area contributed by atoms with Gasteiger partial charge in [-0.05, 0) is 25.0 Å². The third-order valence-electron chi connectivity index (χ3n) is 3.15. The lowest BCUT2D eigenvalue weighted by molar-refractivity contribution is -0.127. The minimum absolute atomic E-state index is 0.00739. The number of halogens is 2. The zero-order chi connectivity index (χ0) is 14.4. The van der Waals surface area contributed by atoms with E-state index in [2.05, 4.69) is 5.32 Å². The van der Waals surface area contributed by atoms with Crippen LogP contribution in [0.2, 0.25) is 0 Å². The van der Waals surface area contributed by atoms with E-state index in [4.69, 9.17) is 9.47 Å². The molecule has 20 heavy (non-hydrogen) atoms. The summed E-state index contributed by atoms with van der Waals surface area (Å²) in [4.78, 5) is 11.8. The SMILES string of the molecule is O=C(NCCOc1ccc(F)c(F)c1)C1CCOCC1. The average molecular weight is 285 g/mol. The number of hydrogen-bond donors (Lipinski definition) is 1. The van der Waals surface area contributed by atoms with Gasteiger partial charge in [-0.2, -0.15) is 0 Å². The van der Waals surface area contributed by atoms with Crippen molar-refractivity contribution in [1.29, 1.82) is 0 Å². The summed E-state index contributed by atoms with van der Waals surface area (Å²) in [5, 5.41) is 2.76. The van der Waals surface area contributed by atoms with Gasteiger partial charge in [-0.3, -0.25) is 4.79 Å². The quantitative estimate of drug-likeness (QED) is 0.840. The van der Waals surface area contributed by atoms with E-state index in [1.54, 1.807) is 0 Å². The Hall–Kier alpha value is -1.69. The lowest BCUT2D eigenvalue weighted by Crippen LogP contribution is -2.36. The summed E-state index contributed by atoms with van der Waals surface area (Å²) in [6.45, 7) is 1.77. The van der Waals surface area contributed by atoms with Crippen molar-refractivity contribution in [3.05, 3.63) is 29.8 Å². The maximum atomic E-state index is 12.9. The van der Waals surface area contributed by atoms with Crippen molar-refractivity contribution in [3.63, 3.8) is 0 Å². The number of nitrogens with one attached hydrogen (secondary N) is 1. The van der Waals surface area contributed by atoms with Gasteiger partial charge >= 0.3 is 0 Å². The zero-order valence-electron chi connectivity index (χ0n) is 11.0. The first-order chi connectivity index (χ1) is 9.66. The van der Waals surface area contributed by atoms with Crippen LogP contribution in [0, 0.1) is 17.6 Å². The highest BCUT2D eigenvalue weighted by Crippen LogP contribution is 2.16. The summed E-state index contributed by atoms with van der Waals surface area (Å²) in [7, 11) is 0. The second-order valence-corrected chi connectivity index (χ2v) is 4.60. The highest BCUT2D eigenvalue weighted by atomic mass is 19.2.